The maximum atomic E-state index is 9.59. The molecule has 0 spiro atoms. The third-order valence-electron chi connectivity index (χ3n) is 2.87. The van der Waals surface area contributed by atoms with Crippen LogP contribution in [0.5, 0.6) is 0 Å². The topological polar surface area (TPSA) is 38.7 Å². The van der Waals surface area contributed by atoms with Crippen LogP contribution in [0.4, 0.5) is 0 Å². The number of aliphatic hydroxyl groups is 1. The quantitative estimate of drug-likeness (QED) is 0.790. The monoisotopic (exact) mass is 220 g/mol. The minimum atomic E-state index is -0.670. The lowest BCUT2D eigenvalue weighted by Gasteiger charge is -2.36. The first-order chi connectivity index (χ1) is 7.80. The van der Waals surface area contributed by atoms with Gasteiger partial charge in [0.2, 0.25) is 0 Å². The molecule has 0 saturated heterocycles. The standard InChI is InChI=1S/C13H16O3/c1-15-12-8-5-9-13(10-14,16-12)11-6-3-2-4-7-11/h2-8,12,14H,9-10H2,1H3/t12-,13-/m1/s1. The van der Waals surface area contributed by atoms with Crippen molar-refractivity contribution in [3.8, 4) is 0 Å². The predicted molar refractivity (Wildman–Crippen MR) is 60.8 cm³/mol. The van der Waals surface area contributed by atoms with Gasteiger partial charge in [0.15, 0.2) is 6.29 Å². The molecule has 0 amide bonds. The minimum Gasteiger partial charge on any atom is -0.393 e. The lowest BCUT2D eigenvalue weighted by Crippen LogP contribution is -2.39. The summed E-state index contributed by atoms with van der Waals surface area (Å²) in [4.78, 5) is 0. The third kappa shape index (κ3) is 2.02. The van der Waals surface area contributed by atoms with Crippen molar-refractivity contribution in [1.82, 2.24) is 0 Å². The number of hydrogen-bond donors (Lipinski definition) is 1. The highest BCUT2D eigenvalue weighted by Crippen LogP contribution is 2.34. The zero-order chi connectivity index (χ0) is 11.4. The van der Waals surface area contributed by atoms with Crippen molar-refractivity contribution >= 4 is 0 Å². The highest BCUT2D eigenvalue weighted by molar-refractivity contribution is 5.25. The summed E-state index contributed by atoms with van der Waals surface area (Å²) in [5, 5.41) is 9.59. The Morgan fingerprint density at radius 2 is 2.19 bits per heavy atom. The predicted octanol–water partition coefficient (Wildman–Crippen LogP) is 1.82. The van der Waals surface area contributed by atoms with Gasteiger partial charge in [-0.05, 0) is 11.6 Å². The van der Waals surface area contributed by atoms with Gasteiger partial charge < -0.3 is 14.6 Å². The second kappa shape index (κ2) is 4.78. The molecule has 1 aromatic carbocycles. The number of hydrogen-bond acceptors (Lipinski definition) is 3. The molecule has 0 radical (unpaired) electrons. The first-order valence-corrected chi connectivity index (χ1v) is 5.34. The van der Waals surface area contributed by atoms with Gasteiger partial charge in [-0.2, -0.15) is 0 Å². The maximum absolute atomic E-state index is 9.59. The molecule has 1 N–H and O–H groups in total. The fourth-order valence-electron chi connectivity index (χ4n) is 1.93. The summed E-state index contributed by atoms with van der Waals surface area (Å²) in [7, 11) is 1.59. The Kier molecular flexibility index (Phi) is 3.39. The molecule has 2 rings (SSSR count). The molecule has 86 valence electrons. The van der Waals surface area contributed by atoms with E-state index in [9.17, 15) is 5.11 Å². The van der Waals surface area contributed by atoms with Gasteiger partial charge in [0, 0.05) is 13.5 Å². The Balaban J connectivity index is 2.30. The highest BCUT2D eigenvalue weighted by Gasteiger charge is 2.36. The van der Waals surface area contributed by atoms with Gasteiger partial charge in [-0.1, -0.05) is 36.4 Å². The zero-order valence-electron chi connectivity index (χ0n) is 9.30. The van der Waals surface area contributed by atoms with E-state index in [-0.39, 0.29) is 12.9 Å². The Hall–Kier alpha value is -1.16. The molecular weight excluding hydrogens is 204 g/mol. The van der Waals surface area contributed by atoms with Gasteiger partial charge in [0.1, 0.15) is 5.60 Å². The molecule has 0 aromatic heterocycles. The van der Waals surface area contributed by atoms with Crippen molar-refractivity contribution < 1.29 is 14.6 Å². The SMILES string of the molecule is CO[C@H]1C=CC[C@@](CO)(c2ccccc2)O1. The fraction of sp³-hybridized carbons (Fsp3) is 0.385. The van der Waals surface area contributed by atoms with Crippen molar-refractivity contribution in [2.75, 3.05) is 13.7 Å². The van der Waals surface area contributed by atoms with Crippen LogP contribution in [0.25, 0.3) is 0 Å². The number of aliphatic hydroxyl groups excluding tert-OH is 1. The summed E-state index contributed by atoms with van der Waals surface area (Å²) in [6.07, 6.45) is 4.12. The minimum absolute atomic E-state index is 0.0544. The highest BCUT2D eigenvalue weighted by atomic mass is 16.7. The maximum Gasteiger partial charge on any atom is 0.177 e. The number of methoxy groups -OCH3 is 1. The van der Waals surface area contributed by atoms with Gasteiger partial charge in [-0.3, -0.25) is 0 Å². The first-order valence-electron chi connectivity index (χ1n) is 5.34. The average Bonchev–Trinajstić information content (AvgIpc) is 2.39. The van der Waals surface area contributed by atoms with E-state index in [1.165, 1.54) is 0 Å². The van der Waals surface area contributed by atoms with Crippen molar-refractivity contribution in [1.29, 1.82) is 0 Å². The van der Waals surface area contributed by atoms with Crippen LogP contribution in [-0.4, -0.2) is 25.1 Å². The van der Waals surface area contributed by atoms with Crippen LogP contribution in [0.2, 0.25) is 0 Å². The molecule has 1 aliphatic heterocycles. The van der Waals surface area contributed by atoms with E-state index in [0.29, 0.717) is 6.42 Å². The largest absolute Gasteiger partial charge is 0.393 e. The van der Waals surface area contributed by atoms with E-state index < -0.39 is 5.60 Å². The average molecular weight is 220 g/mol. The van der Waals surface area contributed by atoms with Crippen LogP contribution in [0.3, 0.4) is 0 Å². The van der Waals surface area contributed by atoms with E-state index >= 15 is 0 Å². The summed E-state index contributed by atoms with van der Waals surface area (Å²) in [5.41, 5.74) is 0.306. The van der Waals surface area contributed by atoms with Crippen molar-refractivity contribution in [2.45, 2.75) is 18.3 Å². The van der Waals surface area contributed by atoms with Gasteiger partial charge in [-0.25, -0.2) is 0 Å². The van der Waals surface area contributed by atoms with Crippen LogP contribution in [0.1, 0.15) is 12.0 Å². The molecule has 0 bridgehead atoms. The molecule has 0 aliphatic carbocycles. The molecule has 0 fully saturated rings. The normalized spacial score (nSPS) is 29.2. The molecule has 16 heavy (non-hydrogen) atoms. The third-order valence-corrected chi connectivity index (χ3v) is 2.87. The number of rotatable bonds is 3. The lowest BCUT2D eigenvalue weighted by atomic mass is 9.89. The second-order valence-corrected chi connectivity index (χ2v) is 3.87. The Bertz CT molecular complexity index is 361. The second-order valence-electron chi connectivity index (χ2n) is 3.87. The summed E-state index contributed by atoms with van der Waals surface area (Å²) >= 11 is 0. The van der Waals surface area contributed by atoms with Crippen molar-refractivity contribution in [3.63, 3.8) is 0 Å². The molecule has 0 unspecified atom stereocenters. The number of benzene rings is 1. The van der Waals surface area contributed by atoms with E-state index in [2.05, 4.69) is 0 Å². The van der Waals surface area contributed by atoms with E-state index in [0.717, 1.165) is 5.56 Å². The molecule has 1 heterocycles. The van der Waals surface area contributed by atoms with Gasteiger partial charge in [0.05, 0.1) is 6.61 Å². The fourth-order valence-corrected chi connectivity index (χ4v) is 1.93. The molecule has 1 aromatic rings. The lowest BCUT2D eigenvalue weighted by molar-refractivity contribution is -0.200. The van der Waals surface area contributed by atoms with E-state index in [4.69, 9.17) is 9.47 Å². The van der Waals surface area contributed by atoms with Crippen LogP contribution in [0.15, 0.2) is 42.5 Å². The van der Waals surface area contributed by atoms with Crippen LogP contribution in [-0.2, 0) is 15.1 Å². The molecular formula is C13H16O3. The number of ether oxygens (including phenoxy) is 2. The smallest absolute Gasteiger partial charge is 0.177 e. The van der Waals surface area contributed by atoms with E-state index in [1.54, 1.807) is 7.11 Å². The zero-order valence-corrected chi connectivity index (χ0v) is 9.30. The van der Waals surface area contributed by atoms with Crippen molar-refractivity contribution in [2.24, 2.45) is 0 Å². The Morgan fingerprint density at radius 3 is 2.81 bits per heavy atom. The Morgan fingerprint density at radius 1 is 1.44 bits per heavy atom. The Labute approximate surface area is 95.3 Å². The first kappa shape index (κ1) is 11.3. The molecule has 1 aliphatic rings. The summed E-state index contributed by atoms with van der Waals surface area (Å²) in [5.74, 6) is 0. The van der Waals surface area contributed by atoms with Crippen molar-refractivity contribution in [3.05, 3.63) is 48.0 Å². The van der Waals surface area contributed by atoms with Crippen LogP contribution >= 0.6 is 0 Å². The van der Waals surface area contributed by atoms with Gasteiger partial charge in [0.25, 0.3) is 0 Å². The van der Waals surface area contributed by atoms with Crippen LogP contribution in [0, 0.1) is 0 Å². The molecule has 2 atom stereocenters. The van der Waals surface area contributed by atoms with E-state index in [1.807, 2.05) is 42.5 Å². The van der Waals surface area contributed by atoms with Gasteiger partial charge >= 0.3 is 0 Å². The molecule has 3 nitrogen and oxygen atoms in total. The van der Waals surface area contributed by atoms with Crippen LogP contribution < -0.4 is 0 Å². The summed E-state index contributed by atoms with van der Waals surface area (Å²) < 4.78 is 10.9. The summed E-state index contributed by atoms with van der Waals surface area (Å²) in [6, 6.07) is 9.75. The van der Waals surface area contributed by atoms with Gasteiger partial charge in [-0.15, -0.1) is 0 Å². The molecule has 3 heteroatoms. The molecule has 0 saturated carbocycles. The summed E-state index contributed by atoms with van der Waals surface area (Å²) in [6.45, 7) is -0.0544.